The average Bonchev–Trinajstić information content (AvgIpc) is 2.18. The van der Waals surface area contributed by atoms with Crippen LogP contribution in [-0.2, 0) is 14.3 Å². The minimum atomic E-state index is -0.641. The fourth-order valence-corrected chi connectivity index (χ4v) is 0.492. The predicted octanol–water partition coefficient (Wildman–Crippen LogP) is 0.838. The Balaban J connectivity index is 3.64. The van der Waals surface area contributed by atoms with Crippen molar-refractivity contribution in [2.75, 3.05) is 13.3 Å². The van der Waals surface area contributed by atoms with E-state index in [-0.39, 0.29) is 12.3 Å². The molecule has 0 aliphatic heterocycles. The van der Waals surface area contributed by atoms with Crippen LogP contribution in [0.5, 0.6) is 0 Å². The van der Waals surface area contributed by atoms with E-state index in [0.29, 0.717) is 6.61 Å². The van der Waals surface area contributed by atoms with Gasteiger partial charge in [-0.15, -0.1) is 0 Å². The zero-order chi connectivity index (χ0) is 11.7. The van der Waals surface area contributed by atoms with E-state index in [4.69, 9.17) is 4.74 Å². The molecule has 0 spiro atoms. The maximum atomic E-state index is 10.9. The van der Waals surface area contributed by atoms with Gasteiger partial charge in [-0.3, -0.25) is 0 Å². The second-order valence-corrected chi connectivity index (χ2v) is 2.53. The highest BCUT2D eigenvalue weighted by atomic mass is 16.5. The molecule has 0 fully saturated rings. The summed E-state index contributed by atoms with van der Waals surface area (Å²) in [6, 6.07) is -0.641. The molecular weight excluding hydrogens is 200 g/mol. The first-order valence-electron chi connectivity index (χ1n) is 4.32. The molecule has 0 heterocycles. The molecule has 0 unspecified atom stereocenters. The number of aliphatic imine (C=N–C) groups is 1. The van der Waals surface area contributed by atoms with Crippen molar-refractivity contribution in [2.45, 2.75) is 13.8 Å². The van der Waals surface area contributed by atoms with Crippen LogP contribution < -0.4 is 5.32 Å². The maximum Gasteiger partial charge on any atom is 0.346 e. The van der Waals surface area contributed by atoms with Gasteiger partial charge in [0, 0.05) is 5.57 Å². The van der Waals surface area contributed by atoms with E-state index in [1.807, 2.05) is 0 Å². The summed E-state index contributed by atoms with van der Waals surface area (Å²) < 4.78 is 9.29. The van der Waals surface area contributed by atoms with Crippen LogP contribution in [0.1, 0.15) is 13.8 Å². The van der Waals surface area contributed by atoms with Crippen molar-refractivity contribution >= 4 is 18.4 Å². The molecule has 0 saturated carbocycles. The minimum Gasteiger partial charge on any atom is -0.483 e. The van der Waals surface area contributed by atoms with Gasteiger partial charge in [-0.1, -0.05) is 6.58 Å². The molecule has 0 aromatic carbocycles. The van der Waals surface area contributed by atoms with E-state index in [2.05, 4.69) is 21.6 Å². The third-order valence-electron chi connectivity index (χ3n) is 1.19. The third-order valence-corrected chi connectivity index (χ3v) is 1.19. The molecule has 0 aliphatic carbocycles. The molecule has 0 rings (SSSR count). The normalized spacial score (nSPS) is 9.73. The fraction of sp³-hybridized carbons (Fsp3) is 0.444. The first-order valence-corrected chi connectivity index (χ1v) is 4.32. The first-order chi connectivity index (χ1) is 7.07. The van der Waals surface area contributed by atoms with Gasteiger partial charge in [0.15, 0.2) is 13.1 Å². The van der Waals surface area contributed by atoms with Crippen molar-refractivity contribution in [2.24, 2.45) is 4.99 Å². The number of carbonyl (C=O) groups is 2. The van der Waals surface area contributed by atoms with Crippen LogP contribution in [0.3, 0.4) is 0 Å². The number of amides is 2. The monoisotopic (exact) mass is 214 g/mol. The number of rotatable bonds is 5. The standard InChI is InChI=1S/C9H14N2O4/c1-4-14-5-10-9(13)11-6-15-8(12)7(2)3/h5H,2,4,6H2,1,3H3,(H,11,13). The number of esters is 1. The highest BCUT2D eigenvalue weighted by molar-refractivity contribution is 5.87. The largest absolute Gasteiger partial charge is 0.483 e. The summed E-state index contributed by atoms with van der Waals surface area (Å²) in [4.78, 5) is 25.1. The number of nitrogens with zero attached hydrogens (tertiary/aromatic N) is 1. The molecule has 2 amide bonds. The molecule has 0 saturated heterocycles. The summed E-state index contributed by atoms with van der Waals surface area (Å²) in [6.45, 7) is 6.84. The predicted molar refractivity (Wildman–Crippen MR) is 54.4 cm³/mol. The molecule has 0 atom stereocenters. The molecule has 84 valence electrons. The van der Waals surface area contributed by atoms with Crippen molar-refractivity contribution in [3.05, 3.63) is 12.2 Å². The zero-order valence-corrected chi connectivity index (χ0v) is 8.78. The Morgan fingerprint density at radius 2 is 2.20 bits per heavy atom. The lowest BCUT2D eigenvalue weighted by Crippen LogP contribution is -2.25. The van der Waals surface area contributed by atoms with Crippen LogP contribution >= 0.6 is 0 Å². The molecule has 0 radical (unpaired) electrons. The van der Waals surface area contributed by atoms with E-state index in [9.17, 15) is 9.59 Å². The van der Waals surface area contributed by atoms with E-state index in [1.54, 1.807) is 6.92 Å². The van der Waals surface area contributed by atoms with Crippen LogP contribution in [0, 0.1) is 0 Å². The maximum absolute atomic E-state index is 10.9. The summed E-state index contributed by atoms with van der Waals surface area (Å²) in [5, 5.41) is 2.23. The Morgan fingerprint density at radius 3 is 2.73 bits per heavy atom. The number of carbonyl (C=O) groups excluding carboxylic acids is 2. The topological polar surface area (TPSA) is 77.0 Å². The lowest BCUT2D eigenvalue weighted by atomic mass is 10.4. The summed E-state index contributed by atoms with van der Waals surface area (Å²) >= 11 is 0. The van der Waals surface area contributed by atoms with Gasteiger partial charge in [-0.25, -0.2) is 9.59 Å². The quantitative estimate of drug-likeness (QED) is 0.242. The summed E-state index contributed by atoms with van der Waals surface area (Å²) in [5.41, 5.74) is 0.266. The SMILES string of the molecule is C=C(C)C(=O)OCNC(=O)N=COCC. The van der Waals surface area contributed by atoms with E-state index >= 15 is 0 Å². The van der Waals surface area contributed by atoms with Gasteiger partial charge < -0.3 is 14.8 Å². The van der Waals surface area contributed by atoms with Crippen molar-refractivity contribution in [3.8, 4) is 0 Å². The Labute approximate surface area is 88.0 Å². The highest BCUT2D eigenvalue weighted by Crippen LogP contribution is 1.90. The molecule has 15 heavy (non-hydrogen) atoms. The third kappa shape index (κ3) is 7.24. The highest BCUT2D eigenvalue weighted by Gasteiger charge is 2.03. The van der Waals surface area contributed by atoms with Crippen LogP contribution in [0.2, 0.25) is 0 Å². The van der Waals surface area contributed by atoms with Crippen LogP contribution in [-0.4, -0.2) is 31.7 Å². The van der Waals surface area contributed by atoms with Crippen LogP contribution in [0.25, 0.3) is 0 Å². The Morgan fingerprint density at radius 1 is 1.53 bits per heavy atom. The molecule has 0 bridgehead atoms. The second kappa shape index (κ2) is 7.54. The Kier molecular flexibility index (Phi) is 6.61. The lowest BCUT2D eigenvalue weighted by molar-refractivity contribution is -0.139. The summed E-state index contributed by atoms with van der Waals surface area (Å²) in [5.74, 6) is -0.566. The smallest absolute Gasteiger partial charge is 0.346 e. The Bertz CT molecular complexity index is 273. The van der Waals surface area contributed by atoms with Crippen molar-refractivity contribution < 1.29 is 19.1 Å². The van der Waals surface area contributed by atoms with Gasteiger partial charge in [-0.2, -0.15) is 4.99 Å². The lowest BCUT2D eigenvalue weighted by Gasteiger charge is -2.03. The van der Waals surface area contributed by atoms with E-state index in [0.717, 1.165) is 6.40 Å². The van der Waals surface area contributed by atoms with Crippen LogP contribution in [0.15, 0.2) is 17.1 Å². The molecule has 6 nitrogen and oxygen atoms in total. The van der Waals surface area contributed by atoms with Crippen molar-refractivity contribution in [1.29, 1.82) is 0 Å². The van der Waals surface area contributed by atoms with Gasteiger partial charge in [0.2, 0.25) is 0 Å². The number of hydrogen-bond donors (Lipinski definition) is 1. The number of nitrogens with one attached hydrogen (secondary N) is 1. The van der Waals surface area contributed by atoms with Gasteiger partial charge in [0.1, 0.15) is 0 Å². The van der Waals surface area contributed by atoms with E-state index < -0.39 is 12.0 Å². The van der Waals surface area contributed by atoms with Crippen molar-refractivity contribution in [1.82, 2.24) is 5.32 Å². The molecule has 1 N–H and O–H groups in total. The molecule has 0 aliphatic rings. The van der Waals surface area contributed by atoms with Crippen LogP contribution in [0.4, 0.5) is 4.79 Å². The molecular formula is C9H14N2O4. The zero-order valence-electron chi connectivity index (χ0n) is 8.78. The number of hydrogen-bond acceptors (Lipinski definition) is 4. The summed E-state index contributed by atoms with van der Waals surface area (Å²) in [7, 11) is 0. The van der Waals surface area contributed by atoms with Crippen molar-refractivity contribution in [3.63, 3.8) is 0 Å². The van der Waals surface area contributed by atoms with Gasteiger partial charge in [0.05, 0.1) is 6.61 Å². The van der Waals surface area contributed by atoms with Gasteiger partial charge in [0.25, 0.3) is 0 Å². The Hall–Kier alpha value is -1.85. The van der Waals surface area contributed by atoms with Gasteiger partial charge >= 0.3 is 12.0 Å². The number of ether oxygens (including phenoxy) is 2. The first kappa shape index (κ1) is 13.2. The average molecular weight is 214 g/mol. The van der Waals surface area contributed by atoms with E-state index in [1.165, 1.54) is 6.92 Å². The fourth-order valence-electron chi connectivity index (χ4n) is 0.492. The molecule has 0 aromatic heterocycles. The molecule has 0 aromatic rings. The summed E-state index contributed by atoms with van der Waals surface area (Å²) in [6.07, 6.45) is 1.02. The molecule has 6 heteroatoms. The number of urea groups is 1. The minimum absolute atomic E-state index is 0.242. The van der Waals surface area contributed by atoms with Gasteiger partial charge in [-0.05, 0) is 13.8 Å². The second-order valence-electron chi connectivity index (χ2n) is 2.53.